The van der Waals surface area contributed by atoms with Crippen LogP contribution in [-0.4, -0.2) is 23.0 Å². The maximum atomic E-state index is 11.4. The number of carboxylic acids is 1. The highest BCUT2D eigenvalue weighted by Gasteiger charge is 2.14. The molecule has 0 fully saturated rings. The summed E-state index contributed by atoms with van der Waals surface area (Å²) in [5.74, 6) is -1.17. The Morgan fingerprint density at radius 1 is 1.39 bits per heavy atom. The Labute approximate surface area is 103 Å². The Balaban J connectivity index is 2.33. The van der Waals surface area contributed by atoms with Gasteiger partial charge in [0.1, 0.15) is 5.76 Å². The van der Waals surface area contributed by atoms with E-state index in [1.807, 2.05) is 5.32 Å². The number of rotatable bonds is 5. The van der Waals surface area contributed by atoms with E-state index >= 15 is 0 Å². The summed E-state index contributed by atoms with van der Waals surface area (Å²) in [4.78, 5) is 32.8. The van der Waals surface area contributed by atoms with Crippen molar-refractivity contribution in [2.24, 2.45) is 0 Å². The second-order valence-electron chi connectivity index (χ2n) is 3.65. The highest BCUT2D eigenvalue weighted by molar-refractivity contribution is 5.95. The van der Waals surface area contributed by atoms with Gasteiger partial charge in [0.05, 0.1) is 18.7 Å². The number of carbonyl (C=O) groups is 3. The summed E-state index contributed by atoms with van der Waals surface area (Å²) >= 11 is 0. The van der Waals surface area contributed by atoms with Crippen molar-refractivity contribution in [2.75, 3.05) is 0 Å². The van der Waals surface area contributed by atoms with E-state index in [1.54, 1.807) is 19.1 Å². The van der Waals surface area contributed by atoms with Gasteiger partial charge in [-0.15, -0.1) is 0 Å². The first-order valence-electron chi connectivity index (χ1n) is 5.34. The maximum absolute atomic E-state index is 11.4. The molecule has 3 N–H and O–H groups in total. The van der Waals surface area contributed by atoms with E-state index in [-0.39, 0.29) is 18.9 Å². The van der Waals surface area contributed by atoms with Crippen molar-refractivity contribution in [1.82, 2.24) is 10.6 Å². The molecule has 1 unspecified atom stereocenters. The minimum atomic E-state index is -1.09. The lowest BCUT2D eigenvalue weighted by atomic mass is 10.2. The third-order valence-corrected chi connectivity index (χ3v) is 2.14. The van der Waals surface area contributed by atoms with E-state index in [4.69, 9.17) is 9.52 Å². The van der Waals surface area contributed by atoms with E-state index in [9.17, 15) is 14.4 Å². The average Bonchev–Trinajstić information content (AvgIpc) is 2.79. The molecule has 1 atom stereocenters. The van der Waals surface area contributed by atoms with Gasteiger partial charge in [-0.25, -0.2) is 4.79 Å². The summed E-state index contributed by atoms with van der Waals surface area (Å²) in [5, 5.41) is 12.9. The zero-order chi connectivity index (χ0) is 13.5. The van der Waals surface area contributed by atoms with E-state index in [1.165, 1.54) is 6.26 Å². The molecule has 0 spiro atoms. The number of hydrogen-bond donors (Lipinski definition) is 3. The van der Waals surface area contributed by atoms with Crippen molar-refractivity contribution in [2.45, 2.75) is 25.8 Å². The minimum absolute atomic E-state index is 0.238. The molecule has 0 aliphatic rings. The Kier molecular flexibility index (Phi) is 4.91. The first-order chi connectivity index (χ1) is 8.49. The maximum Gasteiger partial charge on any atom is 0.322 e. The second kappa shape index (κ2) is 6.43. The fourth-order valence-corrected chi connectivity index (χ4v) is 1.25. The number of aliphatic carboxylic acids is 1. The van der Waals surface area contributed by atoms with Crippen molar-refractivity contribution in [3.05, 3.63) is 24.2 Å². The summed E-state index contributed by atoms with van der Waals surface area (Å²) in [6, 6.07) is 2.31. The van der Waals surface area contributed by atoms with Crippen LogP contribution in [0.25, 0.3) is 0 Å². The molecule has 0 bridgehead atoms. The smallest absolute Gasteiger partial charge is 0.322 e. The van der Waals surface area contributed by atoms with E-state index in [2.05, 4.69) is 5.32 Å². The van der Waals surface area contributed by atoms with Crippen LogP contribution >= 0.6 is 0 Å². The molecule has 7 nitrogen and oxygen atoms in total. The van der Waals surface area contributed by atoms with Crippen LogP contribution in [-0.2, 0) is 9.59 Å². The Bertz CT molecular complexity index is 427. The lowest BCUT2D eigenvalue weighted by Gasteiger charge is -2.11. The SMILES string of the molecule is CC(NC(=O)NC(=O)CCC(=O)O)c1ccco1. The number of carbonyl (C=O) groups excluding carboxylic acids is 2. The highest BCUT2D eigenvalue weighted by Crippen LogP contribution is 2.11. The van der Waals surface area contributed by atoms with Gasteiger partial charge in [-0.05, 0) is 19.1 Å². The Hall–Kier alpha value is -2.31. The molecule has 98 valence electrons. The first-order valence-corrected chi connectivity index (χ1v) is 5.34. The van der Waals surface area contributed by atoms with Crippen LogP contribution in [0.5, 0.6) is 0 Å². The fraction of sp³-hybridized carbons (Fsp3) is 0.364. The monoisotopic (exact) mass is 254 g/mol. The van der Waals surface area contributed by atoms with Crippen molar-refractivity contribution < 1.29 is 23.9 Å². The van der Waals surface area contributed by atoms with E-state index in [0.29, 0.717) is 5.76 Å². The highest BCUT2D eigenvalue weighted by atomic mass is 16.4. The molecule has 0 radical (unpaired) electrons. The van der Waals surface area contributed by atoms with Crippen molar-refractivity contribution >= 4 is 17.9 Å². The van der Waals surface area contributed by atoms with Gasteiger partial charge >= 0.3 is 12.0 Å². The number of hydrogen-bond acceptors (Lipinski definition) is 4. The van der Waals surface area contributed by atoms with Crippen molar-refractivity contribution in [3.8, 4) is 0 Å². The molecule has 0 aliphatic carbocycles. The Morgan fingerprint density at radius 2 is 2.11 bits per heavy atom. The van der Waals surface area contributed by atoms with E-state index in [0.717, 1.165) is 0 Å². The number of nitrogens with one attached hydrogen (secondary N) is 2. The van der Waals surface area contributed by atoms with Gasteiger partial charge in [0.15, 0.2) is 0 Å². The summed E-state index contributed by atoms with van der Waals surface area (Å²) in [6.07, 6.45) is 0.925. The summed E-state index contributed by atoms with van der Waals surface area (Å²) in [7, 11) is 0. The largest absolute Gasteiger partial charge is 0.481 e. The van der Waals surface area contributed by atoms with Gasteiger partial charge < -0.3 is 14.8 Å². The molecule has 0 saturated carbocycles. The molecular weight excluding hydrogens is 240 g/mol. The van der Waals surface area contributed by atoms with Crippen LogP contribution in [0.4, 0.5) is 4.79 Å². The standard InChI is InChI=1S/C11H14N2O5/c1-7(8-3-2-6-18-8)12-11(17)13-9(14)4-5-10(15)16/h2-3,6-7H,4-5H2,1H3,(H,15,16)(H2,12,13,14,17). The number of carboxylic acid groups (broad SMARTS) is 1. The predicted molar refractivity (Wildman–Crippen MR) is 60.7 cm³/mol. The van der Waals surface area contributed by atoms with Gasteiger partial charge in [-0.3, -0.25) is 14.9 Å². The topological polar surface area (TPSA) is 109 Å². The molecule has 18 heavy (non-hydrogen) atoms. The normalized spacial score (nSPS) is 11.6. The van der Waals surface area contributed by atoms with Gasteiger partial charge in [-0.2, -0.15) is 0 Å². The average molecular weight is 254 g/mol. The summed E-state index contributed by atoms with van der Waals surface area (Å²) in [5.41, 5.74) is 0. The van der Waals surface area contributed by atoms with Gasteiger partial charge in [-0.1, -0.05) is 0 Å². The molecule has 1 rings (SSSR count). The van der Waals surface area contributed by atoms with Crippen LogP contribution in [0.15, 0.2) is 22.8 Å². The van der Waals surface area contributed by atoms with Crippen LogP contribution < -0.4 is 10.6 Å². The third kappa shape index (κ3) is 4.69. The van der Waals surface area contributed by atoms with Gasteiger partial charge in [0, 0.05) is 6.42 Å². The molecule has 0 aliphatic heterocycles. The van der Waals surface area contributed by atoms with E-state index < -0.39 is 17.9 Å². The molecule has 1 aromatic heterocycles. The predicted octanol–water partition coefficient (Wildman–Crippen LogP) is 1.03. The summed E-state index contributed by atoms with van der Waals surface area (Å²) in [6.45, 7) is 1.69. The molecule has 0 aromatic carbocycles. The number of furan rings is 1. The van der Waals surface area contributed by atoms with Crippen molar-refractivity contribution in [1.29, 1.82) is 0 Å². The molecule has 0 saturated heterocycles. The number of amides is 3. The van der Waals surface area contributed by atoms with Gasteiger partial charge in [0.25, 0.3) is 0 Å². The number of imide groups is 1. The molecule has 1 heterocycles. The van der Waals surface area contributed by atoms with Gasteiger partial charge in [0.2, 0.25) is 5.91 Å². The quantitative estimate of drug-likeness (QED) is 0.727. The zero-order valence-corrected chi connectivity index (χ0v) is 9.80. The lowest BCUT2D eigenvalue weighted by Crippen LogP contribution is -2.40. The van der Waals surface area contributed by atoms with Crippen LogP contribution in [0, 0.1) is 0 Å². The lowest BCUT2D eigenvalue weighted by molar-refractivity contribution is -0.138. The first kappa shape index (κ1) is 13.8. The Morgan fingerprint density at radius 3 is 2.67 bits per heavy atom. The van der Waals surface area contributed by atoms with Crippen LogP contribution in [0.2, 0.25) is 0 Å². The number of urea groups is 1. The fourth-order valence-electron chi connectivity index (χ4n) is 1.25. The molecule has 1 aromatic rings. The van der Waals surface area contributed by atoms with Crippen molar-refractivity contribution in [3.63, 3.8) is 0 Å². The molecule has 3 amide bonds. The van der Waals surface area contributed by atoms with Crippen LogP contribution in [0.1, 0.15) is 31.6 Å². The summed E-state index contributed by atoms with van der Waals surface area (Å²) < 4.78 is 5.07. The second-order valence-corrected chi connectivity index (χ2v) is 3.65. The zero-order valence-electron chi connectivity index (χ0n) is 9.80. The van der Waals surface area contributed by atoms with Crippen LogP contribution in [0.3, 0.4) is 0 Å². The minimum Gasteiger partial charge on any atom is -0.481 e. The molecule has 7 heteroatoms. The molecular formula is C11H14N2O5. The third-order valence-electron chi connectivity index (χ3n) is 2.14.